The number of benzene rings is 1. The maximum Gasteiger partial charge on any atom is 0.326 e. The molecule has 3 amide bonds. The van der Waals surface area contributed by atoms with Crippen molar-refractivity contribution in [3.05, 3.63) is 29.8 Å². The highest BCUT2D eigenvalue weighted by atomic mass is 32.1. The van der Waals surface area contributed by atoms with Crippen LogP contribution in [0.2, 0.25) is 0 Å². The van der Waals surface area contributed by atoms with Gasteiger partial charge in [0.15, 0.2) is 0 Å². The molecule has 0 aliphatic rings. The molecule has 0 spiro atoms. The number of thiol groups is 1. The second kappa shape index (κ2) is 14.6. The molecule has 0 saturated carbocycles. The van der Waals surface area contributed by atoms with Crippen LogP contribution < -0.4 is 21.7 Å². The van der Waals surface area contributed by atoms with Crippen LogP contribution >= 0.6 is 12.6 Å². The van der Waals surface area contributed by atoms with Crippen molar-refractivity contribution in [3.63, 3.8) is 0 Å². The Hall–Kier alpha value is -2.79. The topological polar surface area (TPSA) is 171 Å². The molecule has 0 aliphatic carbocycles. The zero-order chi connectivity index (χ0) is 26.7. The first kappa shape index (κ1) is 30.2. The number of hydrogen-bond acceptors (Lipinski definition) is 7. The summed E-state index contributed by atoms with van der Waals surface area (Å²) in [6, 6.07) is 1.91. The van der Waals surface area contributed by atoms with Gasteiger partial charge in [0.25, 0.3) is 0 Å². The number of hydrogen-bond donors (Lipinski definition) is 7. The van der Waals surface area contributed by atoms with Gasteiger partial charge in [-0.3, -0.25) is 14.4 Å². The molecule has 0 bridgehead atoms. The van der Waals surface area contributed by atoms with E-state index < -0.39 is 47.9 Å². The zero-order valence-corrected chi connectivity index (χ0v) is 21.5. The van der Waals surface area contributed by atoms with Crippen LogP contribution in [0.3, 0.4) is 0 Å². The lowest BCUT2D eigenvalue weighted by molar-refractivity contribution is -0.142. The number of phenolic OH excluding ortho intramolecular Hbond substituents is 1. The summed E-state index contributed by atoms with van der Waals surface area (Å²) >= 11 is 4.15. The number of carbonyl (C=O) groups is 4. The summed E-state index contributed by atoms with van der Waals surface area (Å²) in [6.45, 7) is 7.46. The molecule has 0 heterocycles. The Labute approximate surface area is 211 Å². The van der Waals surface area contributed by atoms with E-state index in [-0.39, 0.29) is 36.2 Å². The third-order valence-electron chi connectivity index (χ3n) is 5.71. The number of carbonyl (C=O) groups excluding carboxylic acids is 3. The molecular weight excluding hydrogens is 472 g/mol. The van der Waals surface area contributed by atoms with Crippen LogP contribution in [0.1, 0.15) is 46.1 Å². The van der Waals surface area contributed by atoms with E-state index in [1.165, 1.54) is 12.1 Å². The fraction of sp³-hybridized carbons (Fsp3) is 0.583. The van der Waals surface area contributed by atoms with Crippen LogP contribution in [0.4, 0.5) is 0 Å². The average molecular weight is 511 g/mol. The molecule has 1 rings (SSSR count). The van der Waals surface area contributed by atoms with Crippen LogP contribution in [0, 0.1) is 11.8 Å². The van der Waals surface area contributed by atoms with Crippen LogP contribution in [0.15, 0.2) is 24.3 Å². The second-order valence-corrected chi connectivity index (χ2v) is 9.48. The van der Waals surface area contributed by atoms with Gasteiger partial charge < -0.3 is 31.9 Å². The van der Waals surface area contributed by atoms with Crippen LogP contribution in [0.25, 0.3) is 0 Å². The van der Waals surface area contributed by atoms with Gasteiger partial charge in [-0.15, -0.1) is 0 Å². The van der Waals surface area contributed by atoms with Crippen molar-refractivity contribution in [1.82, 2.24) is 16.0 Å². The predicted octanol–water partition coefficient (Wildman–Crippen LogP) is 0.823. The largest absolute Gasteiger partial charge is 0.508 e. The first-order valence-corrected chi connectivity index (χ1v) is 12.3. The minimum absolute atomic E-state index is 0.00742. The summed E-state index contributed by atoms with van der Waals surface area (Å²) < 4.78 is 0. The summed E-state index contributed by atoms with van der Waals surface area (Å²) in [5, 5.41) is 26.7. The number of carboxylic acids is 1. The van der Waals surface area contributed by atoms with Gasteiger partial charge in [-0.2, -0.15) is 12.6 Å². The van der Waals surface area contributed by atoms with Crippen LogP contribution in [-0.4, -0.2) is 63.8 Å². The van der Waals surface area contributed by atoms with Crippen LogP contribution in [0.5, 0.6) is 5.75 Å². The maximum atomic E-state index is 13.0. The molecule has 1 aromatic rings. The molecule has 196 valence electrons. The minimum Gasteiger partial charge on any atom is -0.508 e. The van der Waals surface area contributed by atoms with E-state index in [2.05, 4.69) is 28.6 Å². The van der Waals surface area contributed by atoms with E-state index in [0.29, 0.717) is 12.0 Å². The molecule has 0 radical (unpaired) electrons. The molecule has 0 aromatic heterocycles. The highest BCUT2D eigenvalue weighted by Gasteiger charge is 2.31. The van der Waals surface area contributed by atoms with Gasteiger partial charge in [0.1, 0.15) is 23.9 Å². The van der Waals surface area contributed by atoms with Gasteiger partial charge in [0.2, 0.25) is 17.7 Å². The quantitative estimate of drug-likeness (QED) is 0.182. The fourth-order valence-electron chi connectivity index (χ4n) is 3.29. The number of phenols is 1. The zero-order valence-electron chi connectivity index (χ0n) is 20.7. The smallest absolute Gasteiger partial charge is 0.326 e. The number of carboxylic acid groups (broad SMARTS) is 1. The molecule has 0 fully saturated rings. The molecule has 5 unspecified atom stereocenters. The SMILES string of the molecule is CCC(C)C(N)C(=O)NC(CS)C(=O)NC(CC(C)C)C(=O)NC(Cc1ccc(O)cc1)C(=O)O. The highest BCUT2D eigenvalue weighted by Crippen LogP contribution is 2.13. The molecule has 10 nitrogen and oxygen atoms in total. The van der Waals surface area contributed by atoms with E-state index >= 15 is 0 Å². The van der Waals surface area contributed by atoms with Crippen LogP contribution in [-0.2, 0) is 25.6 Å². The molecule has 5 atom stereocenters. The first-order valence-electron chi connectivity index (χ1n) is 11.7. The number of rotatable bonds is 14. The Morgan fingerprint density at radius 3 is 1.91 bits per heavy atom. The van der Waals surface area contributed by atoms with E-state index in [1.807, 2.05) is 27.7 Å². The lowest BCUT2D eigenvalue weighted by atomic mass is 9.99. The van der Waals surface area contributed by atoms with E-state index in [1.54, 1.807) is 12.1 Å². The molecule has 35 heavy (non-hydrogen) atoms. The number of nitrogens with two attached hydrogens (primary N) is 1. The summed E-state index contributed by atoms with van der Waals surface area (Å²) in [6.07, 6.45) is 0.938. The first-order chi connectivity index (χ1) is 16.4. The maximum absolute atomic E-state index is 13.0. The van der Waals surface area contributed by atoms with Gasteiger partial charge in [0, 0.05) is 12.2 Å². The van der Waals surface area contributed by atoms with Gasteiger partial charge in [-0.1, -0.05) is 46.2 Å². The standard InChI is InChI=1S/C24H38N4O6S/c1-5-14(4)20(25)23(32)28-19(12-35)22(31)26-17(10-13(2)3)21(30)27-18(24(33)34)11-15-6-8-16(29)9-7-15/h6-9,13-14,17-20,29,35H,5,10-12,25H2,1-4H3,(H,26,31)(H,27,30)(H,28,32)(H,33,34). The van der Waals surface area contributed by atoms with Gasteiger partial charge >= 0.3 is 5.97 Å². The molecule has 0 saturated heterocycles. The van der Waals surface area contributed by atoms with E-state index in [0.717, 1.165) is 0 Å². The monoisotopic (exact) mass is 510 g/mol. The normalized spacial score (nSPS) is 15.4. The van der Waals surface area contributed by atoms with Crippen molar-refractivity contribution in [2.24, 2.45) is 17.6 Å². The summed E-state index contributed by atoms with van der Waals surface area (Å²) in [4.78, 5) is 50.1. The van der Waals surface area contributed by atoms with E-state index in [4.69, 9.17) is 5.73 Å². The van der Waals surface area contributed by atoms with Crippen molar-refractivity contribution in [3.8, 4) is 5.75 Å². The van der Waals surface area contributed by atoms with Gasteiger partial charge in [-0.25, -0.2) is 4.79 Å². The van der Waals surface area contributed by atoms with Gasteiger partial charge in [-0.05, 0) is 36.0 Å². The highest BCUT2D eigenvalue weighted by molar-refractivity contribution is 7.80. The summed E-state index contributed by atoms with van der Waals surface area (Å²) in [7, 11) is 0. The lowest BCUT2D eigenvalue weighted by Gasteiger charge is -2.26. The molecular formula is C24H38N4O6S. The van der Waals surface area contributed by atoms with Crippen molar-refractivity contribution < 1.29 is 29.4 Å². The lowest BCUT2D eigenvalue weighted by Crippen LogP contribution is -2.58. The molecule has 1 aromatic carbocycles. The fourth-order valence-corrected chi connectivity index (χ4v) is 3.55. The van der Waals surface area contributed by atoms with E-state index in [9.17, 15) is 29.4 Å². The molecule has 0 aliphatic heterocycles. The average Bonchev–Trinajstić information content (AvgIpc) is 2.81. The van der Waals surface area contributed by atoms with Gasteiger partial charge in [0.05, 0.1) is 6.04 Å². The number of aromatic hydroxyl groups is 1. The molecule has 7 N–H and O–H groups in total. The second-order valence-electron chi connectivity index (χ2n) is 9.12. The molecule has 11 heteroatoms. The Morgan fingerprint density at radius 1 is 0.914 bits per heavy atom. The Morgan fingerprint density at radius 2 is 1.43 bits per heavy atom. The summed E-state index contributed by atoms with van der Waals surface area (Å²) in [5.74, 6) is -3.04. The Bertz CT molecular complexity index is 864. The third-order valence-corrected chi connectivity index (χ3v) is 6.07. The predicted molar refractivity (Wildman–Crippen MR) is 136 cm³/mol. The number of nitrogens with one attached hydrogen (secondary N) is 3. The van der Waals surface area contributed by atoms with Crippen molar-refractivity contribution >= 4 is 36.3 Å². The van der Waals surface area contributed by atoms with Crippen molar-refractivity contribution in [2.45, 2.75) is 71.1 Å². The van der Waals surface area contributed by atoms with Crippen molar-refractivity contribution in [2.75, 3.05) is 5.75 Å². The number of aliphatic carboxylic acids is 1. The minimum atomic E-state index is -1.24. The number of amides is 3. The third kappa shape index (κ3) is 10.2. The summed E-state index contributed by atoms with van der Waals surface area (Å²) in [5.41, 5.74) is 6.55. The Balaban J connectivity index is 2.93. The Kier molecular flexibility index (Phi) is 12.6. The van der Waals surface area contributed by atoms with Crippen molar-refractivity contribution in [1.29, 1.82) is 0 Å².